The Morgan fingerprint density at radius 2 is 2.28 bits per heavy atom. The number of nitrogens with two attached hydrogens (primary N) is 1. The lowest BCUT2D eigenvalue weighted by Crippen LogP contribution is -2.23. The molecule has 2 atom stereocenters. The highest BCUT2D eigenvalue weighted by atomic mass is 35.5. The monoisotopic (exact) mass is 287 g/mol. The van der Waals surface area contributed by atoms with Crippen molar-refractivity contribution in [2.24, 2.45) is 5.73 Å². The van der Waals surface area contributed by atoms with E-state index in [9.17, 15) is 4.79 Å². The second-order valence-electron chi connectivity index (χ2n) is 4.03. The van der Waals surface area contributed by atoms with Crippen LogP contribution in [0.2, 0.25) is 5.02 Å². The summed E-state index contributed by atoms with van der Waals surface area (Å²) in [6.45, 7) is 1.96. The molecule has 18 heavy (non-hydrogen) atoms. The van der Waals surface area contributed by atoms with E-state index in [1.54, 1.807) is 11.8 Å². The Morgan fingerprint density at radius 3 is 2.83 bits per heavy atom. The summed E-state index contributed by atoms with van der Waals surface area (Å²) in [6.07, 6.45) is 0.394. The van der Waals surface area contributed by atoms with Crippen molar-refractivity contribution >= 4 is 29.3 Å². The van der Waals surface area contributed by atoms with Gasteiger partial charge in [0.1, 0.15) is 0 Å². The number of carbonyl (C=O) groups excluding carboxylic acids is 1. The van der Waals surface area contributed by atoms with Crippen molar-refractivity contribution in [3.05, 3.63) is 34.9 Å². The predicted octanol–water partition coefficient (Wildman–Crippen LogP) is 3.02. The fourth-order valence-corrected chi connectivity index (χ4v) is 2.99. The van der Waals surface area contributed by atoms with Crippen molar-refractivity contribution in [2.75, 3.05) is 12.9 Å². The van der Waals surface area contributed by atoms with Gasteiger partial charge in [0.05, 0.1) is 13.5 Å². The summed E-state index contributed by atoms with van der Waals surface area (Å²) in [6, 6.07) is 7.66. The zero-order chi connectivity index (χ0) is 13.5. The number of hydrogen-bond acceptors (Lipinski definition) is 4. The number of hydrogen-bond donors (Lipinski definition) is 1. The number of thioether (sulfide) groups is 1. The van der Waals surface area contributed by atoms with Crippen LogP contribution in [0.3, 0.4) is 0 Å². The highest BCUT2D eigenvalue weighted by Gasteiger charge is 2.17. The summed E-state index contributed by atoms with van der Waals surface area (Å²) < 4.78 is 4.61. The third-order valence-electron chi connectivity index (χ3n) is 2.49. The van der Waals surface area contributed by atoms with E-state index in [1.807, 2.05) is 31.2 Å². The molecule has 1 aromatic carbocycles. The Kier molecular flexibility index (Phi) is 6.54. The molecule has 0 aliphatic heterocycles. The first-order chi connectivity index (χ1) is 8.54. The molecule has 5 heteroatoms. The van der Waals surface area contributed by atoms with E-state index in [-0.39, 0.29) is 17.3 Å². The lowest BCUT2D eigenvalue weighted by atomic mass is 10.1. The first-order valence-corrected chi connectivity index (χ1v) is 7.16. The van der Waals surface area contributed by atoms with Crippen LogP contribution in [-0.2, 0) is 9.53 Å². The number of benzene rings is 1. The first-order valence-electron chi connectivity index (χ1n) is 5.74. The van der Waals surface area contributed by atoms with Gasteiger partial charge in [-0.2, -0.15) is 11.8 Å². The third kappa shape index (κ3) is 4.88. The second kappa shape index (κ2) is 7.67. The van der Waals surface area contributed by atoms with Crippen LogP contribution in [0.5, 0.6) is 0 Å². The zero-order valence-corrected chi connectivity index (χ0v) is 12.1. The molecule has 1 aromatic rings. The Balaban J connectivity index is 2.63. The number of halogens is 1. The molecule has 0 amide bonds. The van der Waals surface area contributed by atoms with Crippen molar-refractivity contribution in [1.82, 2.24) is 0 Å². The number of ether oxygens (including phenoxy) is 1. The largest absolute Gasteiger partial charge is 0.469 e. The van der Waals surface area contributed by atoms with Crippen LogP contribution in [0.15, 0.2) is 24.3 Å². The number of methoxy groups -OCH3 is 1. The SMILES string of the molecule is COC(=O)CCSC(c1cccc(Cl)c1)C(C)N. The number of carbonyl (C=O) groups is 1. The first kappa shape index (κ1) is 15.3. The minimum Gasteiger partial charge on any atom is -0.469 e. The van der Waals surface area contributed by atoms with Crippen molar-refractivity contribution < 1.29 is 9.53 Å². The van der Waals surface area contributed by atoms with Crippen LogP contribution in [0.1, 0.15) is 24.2 Å². The smallest absolute Gasteiger partial charge is 0.306 e. The Hall–Kier alpha value is -0.710. The Bertz CT molecular complexity index is 398. The molecule has 0 radical (unpaired) electrons. The average molecular weight is 288 g/mol. The van der Waals surface area contributed by atoms with Crippen molar-refractivity contribution in [3.8, 4) is 0 Å². The molecule has 0 aromatic heterocycles. The van der Waals surface area contributed by atoms with E-state index in [2.05, 4.69) is 4.74 Å². The number of rotatable bonds is 6. The molecule has 0 aliphatic rings. The molecule has 3 nitrogen and oxygen atoms in total. The molecule has 2 unspecified atom stereocenters. The van der Waals surface area contributed by atoms with Crippen molar-refractivity contribution in [3.63, 3.8) is 0 Å². The predicted molar refractivity (Wildman–Crippen MR) is 76.9 cm³/mol. The minimum absolute atomic E-state index is 0.00823. The van der Waals surface area contributed by atoms with E-state index in [4.69, 9.17) is 17.3 Å². The highest BCUT2D eigenvalue weighted by molar-refractivity contribution is 7.99. The normalized spacial score (nSPS) is 14.0. The zero-order valence-electron chi connectivity index (χ0n) is 10.6. The van der Waals surface area contributed by atoms with Gasteiger partial charge in [-0.05, 0) is 24.6 Å². The maximum atomic E-state index is 11.1. The van der Waals surface area contributed by atoms with Crippen molar-refractivity contribution in [2.45, 2.75) is 24.6 Å². The molecule has 0 spiro atoms. The van der Waals surface area contributed by atoms with Crippen LogP contribution in [0, 0.1) is 0 Å². The molecule has 0 saturated carbocycles. The molecular formula is C13H18ClNO2S. The summed E-state index contributed by atoms with van der Waals surface area (Å²) in [5.74, 6) is 0.489. The van der Waals surface area contributed by atoms with E-state index < -0.39 is 0 Å². The van der Waals surface area contributed by atoms with Crippen LogP contribution in [-0.4, -0.2) is 24.9 Å². The maximum Gasteiger partial charge on any atom is 0.306 e. The molecule has 0 bridgehead atoms. The van der Waals surface area contributed by atoms with Gasteiger partial charge < -0.3 is 10.5 Å². The Morgan fingerprint density at radius 1 is 1.56 bits per heavy atom. The van der Waals surface area contributed by atoms with Gasteiger partial charge in [-0.25, -0.2) is 0 Å². The molecule has 100 valence electrons. The van der Waals surface area contributed by atoms with Crippen LogP contribution in [0.25, 0.3) is 0 Å². The van der Waals surface area contributed by atoms with Gasteiger partial charge in [0.2, 0.25) is 0 Å². The van der Waals surface area contributed by atoms with E-state index in [0.717, 1.165) is 5.56 Å². The summed E-state index contributed by atoms with van der Waals surface area (Å²) in [5, 5.41) is 0.833. The standard InChI is InChI=1S/C13H18ClNO2S/c1-9(15)13(18-7-6-12(16)17-2)10-4-3-5-11(14)8-10/h3-5,8-9,13H,6-7,15H2,1-2H3. The minimum atomic E-state index is -0.197. The van der Waals surface area contributed by atoms with Crippen LogP contribution >= 0.6 is 23.4 Å². The van der Waals surface area contributed by atoms with Crippen LogP contribution in [0.4, 0.5) is 0 Å². The maximum absolute atomic E-state index is 11.1. The molecule has 0 heterocycles. The molecule has 0 aliphatic carbocycles. The third-order valence-corrected chi connectivity index (χ3v) is 4.22. The molecule has 2 N–H and O–H groups in total. The molecule has 0 fully saturated rings. The summed E-state index contributed by atoms with van der Waals surface area (Å²) in [7, 11) is 1.40. The summed E-state index contributed by atoms with van der Waals surface area (Å²) >= 11 is 7.63. The van der Waals surface area contributed by atoms with Crippen molar-refractivity contribution in [1.29, 1.82) is 0 Å². The van der Waals surface area contributed by atoms with Gasteiger partial charge in [-0.15, -0.1) is 0 Å². The van der Waals surface area contributed by atoms with E-state index >= 15 is 0 Å². The lowest BCUT2D eigenvalue weighted by Gasteiger charge is -2.20. The second-order valence-corrected chi connectivity index (χ2v) is 5.72. The van der Waals surface area contributed by atoms with Crippen LogP contribution < -0.4 is 5.73 Å². The topological polar surface area (TPSA) is 52.3 Å². The lowest BCUT2D eigenvalue weighted by molar-refractivity contribution is -0.140. The molecule has 1 rings (SSSR count). The molecular weight excluding hydrogens is 270 g/mol. The van der Waals surface area contributed by atoms with Gasteiger partial charge in [0.25, 0.3) is 0 Å². The van der Waals surface area contributed by atoms with E-state index in [0.29, 0.717) is 17.2 Å². The average Bonchev–Trinajstić information content (AvgIpc) is 2.33. The summed E-state index contributed by atoms with van der Waals surface area (Å²) in [4.78, 5) is 11.1. The van der Waals surface area contributed by atoms with Gasteiger partial charge in [0.15, 0.2) is 0 Å². The fourth-order valence-electron chi connectivity index (χ4n) is 1.61. The van der Waals surface area contributed by atoms with Gasteiger partial charge in [0, 0.05) is 22.1 Å². The van der Waals surface area contributed by atoms with Gasteiger partial charge in [-0.1, -0.05) is 23.7 Å². The van der Waals surface area contributed by atoms with E-state index in [1.165, 1.54) is 7.11 Å². The quantitative estimate of drug-likeness (QED) is 0.817. The number of esters is 1. The van der Waals surface area contributed by atoms with Gasteiger partial charge in [-0.3, -0.25) is 4.79 Å². The summed E-state index contributed by atoms with van der Waals surface area (Å²) in [5.41, 5.74) is 7.08. The van der Waals surface area contributed by atoms with Gasteiger partial charge >= 0.3 is 5.97 Å². The molecule has 0 saturated heterocycles. The fraction of sp³-hybridized carbons (Fsp3) is 0.462. The highest BCUT2D eigenvalue weighted by Crippen LogP contribution is 2.32. The Labute approximate surface area is 117 Å².